The number of rotatable bonds is 5. The highest BCUT2D eigenvalue weighted by molar-refractivity contribution is 7.98. The summed E-state index contributed by atoms with van der Waals surface area (Å²) in [5.41, 5.74) is 5.62. The third-order valence-electron chi connectivity index (χ3n) is 2.71. The molecule has 1 atom stereocenters. The van der Waals surface area contributed by atoms with Crippen LogP contribution in [0, 0.1) is 0 Å². The molecule has 1 aliphatic heterocycles. The van der Waals surface area contributed by atoms with E-state index in [4.69, 9.17) is 5.73 Å². The van der Waals surface area contributed by atoms with Gasteiger partial charge in [0.15, 0.2) is 0 Å². The van der Waals surface area contributed by atoms with Crippen molar-refractivity contribution in [3.8, 4) is 0 Å². The summed E-state index contributed by atoms with van der Waals surface area (Å²) in [6.45, 7) is 1.54. The van der Waals surface area contributed by atoms with Gasteiger partial charge in [-0.25, -0.2) is 0 Å². The second kappa shape index (κ2) is 8.25. The fourth-order valence-corrected chi connectivity index (χ4v) is 2.35. The van der Waals surface area contributed by atoms with Crippen LogP contribution in [-0.4, -0.2) is 41.9 Å². The molecule has 2 N–H and O–H groups in total. The molecule has 15 heavy (non-hydrogen) atoms. The maximum absolute atomic E-state index is 11.8. The van der Waals surface area contributed by atoms with E-state index in [1.165, 1.54) is 0 Å². The Morgan fingerprint density at radius 1 is 1.60 bits per heavy atom. The average molecular weight is 253 g/mol. The fraction of sp³-hybridized carbons (Fsp3) is 0.900. The molecule has 0 aromatic carbocycles. The molecule has 0 spiro atoms. The maximum atomic E-state index is 11.8. The summed E-state index contributed by atoms with van der Waals surface area (Å²) < 4.78 is 0. The summed E-state index contributed by atoms with van der Waals surface area (Å²) in [5.74, 6) is 1.37. The molecule has 0 bridgehead atoms. The molecule has 1 unspecified atom stereocenters. The van der Waals surface area contributed by atoms with Crippen molar-refractivity contribution in [2.45, 2.75) is 31.7 Å². The van der Waals surface area contributed by atoms with E-state index in [-0.39, 0.29) is 12.4 Å². The van der Waals surface area contributed by atoms with Crippen LogP contribution in [0.4, 0.5) is 0 Å². The van der Waals surface area contributed by atoms with E-state index in [9.17, 15) is 4.79 Å². The Hall–Kier alpha value is 0.0700. The Labute approximate surface area is 103 Å². The van der Waals surface area contributed by atoms with Crippen molar-refractivity contribution in [3.63, 3.8) is 0 Å². The maximum Gasteiger partial charge on any atom is 0.222 e. The van der Waals surface area contributed by atoms with E-state index in [0.29, 0.717) is 24.9 Å². The number of likely N-dealkylation sites (tertiary alicyclic amines) is 1. The Kier molecular flexibility index (Phi) is 8.29. The Morgan fingerprint density at radius 2 is 2.33 bits per heavy atom. The highest BCUT2D eigenvalue weighted by atomic mass is 35.5. The predicted molar refractivity (Wildman–Crippen MR) is 68.7 cm³/mol. The van der Waals surface area contributed by atoms with Crippen molar-refractivity contribution < 1.29 is 4.79 Å². The summed E-state index contributed by atoms with van der Waals surface area (Å²) >= 11 is 1.80. The van der Waals surface area contributed by atoms with Crippen LogP contribution in [-0.2, 0) is 4.79 Å². The minimum atomic E-state index is 0. The third-order valence-corrected chi connectivity index (χ3v) is 3.41. The van der Waals surface area contributed by atoms with E-state index in [1.54, 1.807) is 11.8 Å². The minimum Gasteiger partial charge on any atom is -0.338 e. The molecule has 0 aromatic rings. The zero-order chi connectivity index (χ0) is 10.4. The number of amides is 1. The lowest BCUT2D eigenvalue weighted by Gasteiger charge is -2.23. The van der Waals surface area contributed by atoms with Crippen LogP contribution in [0.5, 0.6) is 0 Å². The zero-order valence-corrected chi connectivity index (χ0v) is 10.9. The third kappa shape index (κ3) is 4.62. The number of nitrogens with two attached hydrogens (primary N) is 1. The summed E-state index contributed by atoms with van der Waals surface area (Å²) in [7, 11) is 0. The van der Waals surface area contributed by atoms with Gasteiger partial charge in [-0.1, -0.05) is 0 Å². The van der Waals surface area contributed by atoms with Crippen molar-refractivity contribution in [1.82, 2.24) is 4.90 Å². The number of carbonyl (C=O) groups excluding carboxylic acids is 1. The van der Waals surface area contributed by atoms with Gasteiger partial charge in [-0.15, -0.1) is 12.4 Å². The molecule has 1 saturated heterocycles. The number of hydrogen-bond donors (Lipinski definition) is 1. The second-order valence-corrected chi connectivity index (χ2v) is 4.70. The lowest BCUT2D eigenvalue weighted by molar-refractivity contribution is -0.131. The molecule has 0 aliphatic carbocycles. The largest absolute Gasteiger partial charge is 0.338 e. The van der Waals surface area contributed by atoms with Crippen molar-refractivity contribution >= 4 is 30.1 Å². The standard InChI is InChI=1S/C10H20N2OS.ClH/c1-14-7-3-5-10(13)12-6-2-4-9(12)8-11;/h9H,2-8,11H2,1H3;1H. The first-order chi connectivity index (χ1) is 6.79. The molecule has 90 valence electrons. The van der Waals surface area contributed by atoms with E-state index in [1.807, 2.05) is 4.90 Å². The van der Waals surface area contributed by atoms with Gasteiger partial charge in [0.2, 0.25) is 5.91 Å². The van der Waals surface area contributed by atoms with Crippen LogP contribution in [0.15, 0.2) is 0 Å². The molecule has 5 heteroatoms. The fourth-order valence-electron chi connectivity index (χ4n) is 1.92. The van der Waals surface area contributed by atoms with E-state index < -0.39 is 0 Å². The van der Waals surface area contributed by atoms with Crippen molar-refractivity contribution in [3.05, 3.63) is 0 Å². The predicted octanol–water partition coefficient (Wildman–Crippen LogP) is 1.50. The normalized spacial score (nSPS) is 20.1. The first-order valence-corrected chi connectivity index (χ1v) is 6.67. The number of carbonyl (C=O) groups is 1. The smallest absolute Gasteiger partial charge is 0.222 e. The molecule has 1 amide bonds. The molecule has 0 radical (unpaired) electrons. The molecule has 1 heterocycles. The zero-order valence-electron chi connectivity index (χ0n) is 9.28. The van der Waals surface area contributed by atoms with Crippen LogP contribution < -0.4 is 5.73 Å². The van der Waals surface area contributed by atoms with Gasteiger partial charge in [-0.3, -0.25) is 4.79 Å². The quantitative estimate of drug-likeness (QED) is 0.755. The van der Waals surface area contributed by atoms with E-state index in [2.05, 4.69) is 6.26 Å². The minimum absolute atomic E-state index is 0. The van der Waals surface area contributed by atoms with Crippen molar-refractivity contribution in [2.24, 2.45) is 5.73 Å². The van der Waals surface area contributed by atoms with E-state index in [0.717, 1.165) is 31.6 Å². The average Bonchev–Trinajstić information content (AvgIpc) is 2.65. The van der Waals surface area contributed by atoms with E-state index >= 15 is 0 Å². The first kappa shape index (κ1) is 15.1. The van der Waals surface area contributed by atoms with Gasteiger partial charge < -0.3 is 10.6 Å². The van der Waals surface area contributed by atoms with Crippen molar-refractivity contribution in [2.75, 3.05) is 25.1 Å². The van der Waals surface area contributed by atoms with Gasteiger partial charge in [0, 0.05) is 25.6 Å². The molecular formula is C10H21ClN2OS. The Morgan fingerprint density at radius 3 is 2.93 bits per heavy atom. The lowest BCUT2D eigenvalue weighted by atomic mass is 10.2. The first-order valence-electron chi connectivity index (χ1n) is 5.28. The summed E-state index contributed by atoms with van der Waals surface area (Å²) in [6, 6.07) is 0.316. The molecule has 1 fully saturated rings. The summed E-state index contributed by atoms with van der Waals surface area (Å²) in [6.07, 6.45) is 5.97. The molecule has 3 nitrogen and oxygen atoms in total. The Balaban J connectivity index is 0.00000196. The number of thioether (sulfide) groups is 1. The Bertz CT molecular complexity index is 192. The molecular weight excluding hydrogens is 232 g/mol. The van der Waals surface area contributed by atoms with Crippen LogP contribution in [0.2, 0.25) is 0 Å². The highest BCUT2D eigenvalue weighted by Gasteiger charge is 2.26. The van der Waals surface area contributed by atoms with Gasteiger partial charge in [0.05, 0.1) is 0 Å². The molecule has 0 aromatic heterocycles. The van der Waals surface area contributed by atoms with Crippen LogP contribution in [0.1, 0.15) is 25.7 Å². The van der Waals surface area contributed by atoms with Gasteiger partial charge in [-0.05, 0) is 31.3 Å². The monoisotopic (exact) mass is 252 g/mol. The number of halogens is 1. The van der Waals surface area contributed by atoms with Crippen LogP contribution in [0.25, 0.3) is 0 Å². The lowest BCUT2D eigenvalue weighted by Crippen LogP contribution is -2.39. The molecule has 1 rings (SSSR count). The second-order valence-electron chi connectivity index (χ2n) is 3.72. The highest BCUT2D eigenvalue weighted by Crippen LogP contribution is 2.17. The SMILES string of the molecule is CSCCCC(=O)N1CCCC1CN.Cl. The van der Waals surface area contributed by atoms with Crippen molar-refractivity contribution in [1.29, 1.82) is 0 Å². The number of hydrogen-bond acceptors (Lipinski definition) is 3. The number of nitrogens with zero attached hydrogens (tertiary/aromatic N) is 1. The topological polar surface area (TPSA) is 46.3 Å². The van der Waals surface area contributed by atoms with Crippen LogP contribution >= 0.6 is 24.2 Å². The van der Waals surface area contributed by atoms with Gasteiger partial charge in [-0.2, -0.15) is 11.8 Å². The van der Waals surface area contributed by atoms with Gasteiger partial charge in [0.25, 0.3) is 0 Å². The van der Waals surface area contributed by atoms with Crippen LogP contribution in [0.3, 0.4) is 0 Å². The molecule has 0 saturated carbocycles. The molecule has 1 aliphatic rings. The summed E-state index contributed by atoms with van der Waals surface area (Å²) in [4.78, 5) is 13.7. The summed E-state index contributed by atoms with van der Waals surface area (Å²) in [5, 5.41) is 0. The van der Waals surface area contributed by atoms with Gasteiger partial charge in [0.1, 0.15) is 0 Å². The van der Waals surface area contributed by atoms with Gasteiger partial charge >= 0.3 is 0 Å².